The molecule has 0 aliphatic carbocycles. The number of thiazole rings is 1. The van der Waals surface area contributed by atoms with Crippen molar-refractivity contribution < 1.29 is 37.4 Å². The molecular formula is C51H60N10O8S2. The lowest BCUT2D eigenvalue weighted by Gasteiger charge is -2.36. The fraction of sp³-hybridized carbons (Fsp3) is 0.392. The number of rotatable bonds is 17. The molecule has 0 bridgehead atoms. The molecule has 3 atom stereocenters. The summed E-state index contributed by atoms with van der Waals surface area (Å²) in [6.45, 7) is 10.3. The van der Waals surface area contributed by atoms with E-state index in [0.29, 0.717) is 37.8 Å². The van der Waals surface area contributed by atoms with Crippen molar-refractivity contribution in [2.45, 2.75) is 76.6 Å². The van der Waals surface area contributed by atoms with Gasteiger partial charge in [-0.1, -0.05) is 63.2 Å². The SMILES string of the molecule is Cc1ncsc1-c1ccc(CNC(=O)[C@@H]2C[C@@H](O)CN2C(=O)[C@@H](NC(=O)CCOCCC(=O)N2CCN(c3ccc(Nc4nc5cccc(-c6ccc(S(C)(=O)=O)cc6)n5n4)cc3)CC2)C(C)(C)C)cc1. The van der Waals surface area contributed by atoms with Crippen LogP contribution in [-0.2, 0) is 40.3 Å². The molecule has 4 N–H and O–H groups in total. The highest BCUT2D eigenvalue weighted by atomic mass is 32.2. The van der Waals surface area contributed by atoms with E-state index < -0.39 is 45.3 Å². The highest BCUT2D eigenvalue weighted by Crippen LogP contribution is 2.30. The summed E-state index contributed by atoms with van der Waals surface area (Å²) in [6.07, 6.45) is 0.518. The van der Waals surface area contributed by atoms with E-state index in [4.69, 9.17) is 4.74 Å². The second-order valence-electron chi connectivity index (χ2n) is 19.0. The molecule has 0 saturated carbocycles. The van der Waals surface area contributed by atoms with Crippen LogP contribution in [0, 0.1) is 12.3 Å². The van der Waals surface area contributed by atoms with Gasteiger partial charge in [-0.2, -0.15) is 4.98 Å². The number of sulfone groups is 1. The highest BCUT2D eigenvalue weighted by molar-refractivity contribution is 7.90. The van der Waals surface area contributed by atoms with E-state index in [1.807, 2.05) is 105 Å². The van der Waals surface area contributed by atoms with Crippen LogP contribution in [-0.4, -0.2) is 137 Å². The van der Waals surface area contributed by atoms with Crippen LogP contribution in [0.4, 0.5) is 17.3 Å². The summed E-state index contributed by atoms with van der Waals surface area (Å²) in [5.41, 5.74) is 8.00. The van der Waals surface area contributed by atoms with Gasteiger partial charge in [0.1, 0.15) is 12.1 Å². The molecule has 3 aromatic carbocycles. The van der Waals surface area contributed by atoms with E-state index >= 15 is 0 Å². The molecule has 0 unspecified atom stereocenters. The number of likely N-dealkylation sites (tertiary alicyclic amines) is 1. The van der Waals surface area contributed by atoms with Crippen molar-refractivity contribution in [1.29, 1.82) is 0 Å². The van der Waals surface area contributed by atoms with Gasteiger partial charge in [0.05, 0.1) is 52.4 Å². The highest BCUT2D eigenvalue weighted by Gasteiger charge is 2.44. The third-order valence-corrected chi connectivity index (χ3v) is 14.8. The first-order valence-electron chi connectivity index (χ1n) is 23.6. The van der Waals surface area contributed by atoms with E-state index in [9.17, 15) is 32.7 Å². The molecule has 8 rings (SSSR count). The van der Waals surface area contributed by atoms with Crippen LogP contribution in [0.2, 0.25) is 0 Å². The number of ether oxygens (including phenoxy) is 1. The van der Waals surface area contributed by atoms with Gasteiger partial charge in [0.25, 0.3) is 0 Å². The maximum Gasteiger partial charge on any atom is 0.247 e. The van der Waals surface area contributed by atoms with E-state index in [1.54, 1.807) is 40.1 Å². The lowest BCUT2D eigenvalue weighted by atomic mass is 9.85. The van der Waals surface area contributed by atoms with E-state index in [2.05, 4.69) is 35.9 Å². The molecule has 4 amide bonds. The Morgan fingerprint density at radius 3 is 2.24 bits per heavy atom. The first kappa shape index (κ1) is 50.6. The van der Waals surface area contributed by atoms with Crippen molar-refractivity contribution in [3.8, 4) is 21.7 Å². The molecule has 3 aromatic heterocycles. The van der Waals surface area contributed by atoms with Gasteiger partial charge in [-0.05, 0) is 72.0 Å². The number of hydrogen-bond donors (Lipinski definition) is 4. The summed E-state index contributed by atoms with van der Waals surface area (Å²) in [4.78, 5) is 69.5. The largest absolute Gasteiger partial charge is 0.391 e. The molecule has 2 aliphatic heterocycles. The van der Waals surface area contributed by atoms with Crippen LogP contribution >= 0.6 is 11.3 Å². The summed E-state index contributed by atoms with van der Waals surface area (Å²) >= 11 is 1.57. The first-order valence-corrected chi connectivity index (χ1v) is 26.4. The predicted octanol–water partition coefficient (Wildman–Crippen LogP) is 5.23. The smallest absolute Gasteiger partial charge is 0.247 e. The molecule has 5 heterocycles. The maximum atomic E-state index is 14.0. The number of aliphatic hydroxyl groups is 1. The molecular weight excluding hydrogens is 945 g/mol. The number of hydrogen-bond acceptors (Lipinski definition) is 14. The van der Waals surface area contributed by atoms with Crippen LogP contribution < -0.4 is 20.9 Å². The Hall–Kier alpha value is -6.74. The monoisotopic (exact) mass is 1000 g/mol. The summed E-state index contributed by atoms with van der Waals surface area (Å²) in [5.74, 6) is -0.849. The first-order chi connectivity index (χ1) is 33.9. The second kappa shape index (κ2) is 21.7. The van der Waals surface area contributed by atoms with Gasteiger partial charge < -0.3 is 40.5 Å². The van der Waals surface area contributed by atoms with Gasteiger partial charge in [0.2, 0.25) is 29.6 Å². The number of amides is 4. The van der Waals surface area contributed by atoms with Crippen LogP contribution in [0.3, 0.4) is 0 Å². The van der Waals surface area contributed by atoms with Gasteiger partial charge in [0.15, 0.2) is 15.5 Å². The molecule has 20 heteroatoms. The van der Waals surface area contributed by atoms with Crippen LogP contribution in [0.15, 0.2) is 101 Å². The Balaban J connectivity index is 0.747. The van der Waals surface area contributed by atoms with E-state index in [-0.39, 0.29) is 62.3 Å². The summed E-state index contributed by atoms with van der Waals surface area (Å²) in [6, 6.07) is 26.2. The number of nitrogens with one attached hydrogen (secondary N) is 3. The molecule has 374 valence electrons. The number of aryl methyl sites for hydroxylation is 1. The Morgan fingerprint density at radius 2 is 1.58 bits per heavy atom. The Labute approximate surface area is 417 Å². The molecule has 18 nitrogen and oxygen atoms in total. The number of fused-ring (bicyclic) bond motifs is 1. The fourth-order valence-electron chi connectivity index (χ4n) is 8.75. The topological polar surface area (TPSA) is 221 Å². The minimum atomic E-state index is -3.31. The van der Waals surface area contributed by atoms with Crippen LogP contribution in [0.5, 0.6) is 0 Å². The quantitative estimate of drug-likeness (QED) is 0.0862. The van der Waals surface area contributed by atoms with Gasteiger partial charge in [-0.25, -0.2) is 17.9 Å². The number of pyridine rings is 1. The number of carbonyl (C=O) groups is 4. The minimum Gasteiger partial charge on any atom is -0.391 e. The average Bonchev–Trinajstić information content (AvgIpc) is 4.09. The van der Waals surface area contributed by atoms with Gasteiger partial charge in [-0.3, -0.25) is 19.2 Å². The molecule has 2 saturated heterocycles. The standard InChI is InChI=1S/C51H60N10O8S2/c1-33-46(70-32-53-33)36-11-9-34(10-12-36)30-52-48(65)42-29-39(62)31-60(42)49(66)47(51(2,3)4)56-44(63)21-27-69-28-22-45(64)59-25-23-58(24-26-59)38-17-15-37(16-18-38)54-50-55-43-8-6-7-41(61(43)57-50)35-13-19-40(20-14-35)71(5,67)68/h6-20,32,39,42,47,62H,21-31H2,1-5H3,(H,52,65)(H,54,57)(H,56,63)/t39-,42+,47-/m1/s1. The predicted molar refractivity (Wildman–Crippen MR) is 272 cm³/mol. The van der Waals surface area contributed by atoms with Crippen molar-refractivity contribution in [1.82, 2.24) is 40.0 Å². The summed E-state index contributed by atoms with van der Waals surface area (Å²) in [7, 11) is -3.31. The number of anilines is 3. The molecule has 6 aromatic rings. The number of benzene rings is 3. The summed E-state index contributed by atoms with van der Waals surface area (Å²) in [5, 5.41) is 24.3. The third-order valence-electron chi connectivity index (χ3n) is 12.7. The van der Waals surface area contributed by atoms with Crippen molar-refractivity contribution >= 4 is 67.8 Å². The van der Waals surface area contributed by atoms with Crippen molar-refractivity contribution in [3.05, 3.63) is 108 Å². The minimum absolute atomic E-state index is 0.0249. The lowest BCUT2D eigenvalue weighted by molar-refractivity contribution is -0.144. The number of aromatic nitrogens is 4. The maximum absolute atomic E-state index is 14.0. The van der Waals surface area contributed by atoms with Crippen LogP contribution in [0.25, 0.3) is 27.3 Å². The zero-order valence-corrected chi connectivity index (χ0v) is 42.1. The normalized spacial score (nSPS) is 16.8. The van der Waals surface area contributed by atoms with Gasteiger partial charge >= 0.3 is 0 Å². The van der Waals surface area contributed by atoms with Crippen LogP contribution in [0.1, 0.15) is 51.3 Å². The lowest BCUT2D eigenvalue weighted by Crippen LogP contribution is -2.57. The zero-order chi connectivity index (χ0) is 50.5. The van der Waals surface area contributed by atoms with E-state index in [0.717, 1.165) is 44.3 Å². The second-order valence-corrected chi connectivity index (χ2v) is 21.9. The zero-order valence-electron chi connectivity index (χ0n) is 40.5. The van der Waals surface area contributed by atoms with E-state index in [1.165, 1.54) is 11.2 Å². The number of carbonyl (C=O) groups excluding carboxylic acids is 4. The summed E-state index contributed by atoms with van der Waals surface area (Å²) < 4.78 is 31.3. The molecule has 0 spiro atoms. The Bertz CT molecular complexity index is 2960. The molecule has 2 fully saturated rings. The number of aliphatic hydroxyl groups excluding tert-OH is 1. The Morgan fingerprint density at radius 1 is 0.887 bits per heavy atom. The fourth-order valence-corrected chi connectivity index (χ4v) is 10.2. The number of piperazine rings is 1. The Kier molecular flexibility index (Phi) is 15.5. The molecule has 71 heavy (non-hydrogen) atoms. The van der Waals surface area contributed by atoms with Crippen molar-refractivity contribution in [3.63, 3.8) is 0 Å². The number of β-amino-alcohol motifs (C(OH)–C–C–N with tert-alkyl or cyclic N) is 1. The van der Waals surface area contributed by atoms with Crippen molar-refractivity contribution in [2.75, 3.05) is 62.4 Å². The van der Waals surface area contributed by atoms with Crippen molar-refractivity contribution in [2.24, 2.45) is 5.41 Å². The molecule has 0 radical (unpaired) electrons. The molecule has 2 aliphatic rings. The number of nitrogens with zero attached hydrogens (tertiary/aromatic N) is 7. The van der Waals surface area contributed by atoms with Gasteiger partial charge in [-0.15, -0.1) is 16.4 Å². The van der Waals surface area contributed by atoms with Gasteiger partial charge in [0, 0.05) is 75.3 Å². The third kappa shape index (κ3) is 12.4. The average molecular weight is 1010 g/mol.